The number of amides is 2. The minimum atomic E-state index is 0.0443. The summed E-state index contributed by atoms with van der Waals surface area (Å²) < 4.78 is 0. The van der Waals surface area contributed by atoms with Crippen molar-refractivity contribution >= 4 is 11.7 Å². The van der Waals surface area contributed by atoms with Crippen LogP contribution in [0.1, 0.15) is 24.0 Å². The number of carbonyl (C=O) groups is 1. The van der Waals surface area contributed by atoms with Crippen LogP contribution in [0.2, 0.25) is 0 Å². The number of para-hydroxylation sites is 1. The van der Waals surface area contributed by atoms with Crippen LogP contribution in [0, 0.1) is 6.92 Å². The number of piperazine rings is 1. The average molecular weight is 336 g/mol. The molecule has 0 aliphatic carbocycles. The number of nitrogens with zero attached hydrogens (tertiary/aromatic N) is 3. The molecule has 0 saturated carbocycles. The van der Waals surface area contributed by atoms with Crippen molar-refractivity contribution in [1.82, 2.24) is 14.8 Å². The van der Waals surface area contributed by atoms with Crippen molar-refractivity contribution in [2.75, 3.05) is 18.4 Å². The minimum Gasteiger partial charge on any atom is -0.316 e. The fourth-order valence-electron chi connectivity index (χ4n) is 4.09. The summed E-state index contributed by atoms with van der Waals surface area (Å²) in [5.41, 5.74) is 3.24. The van der Waals surface area contributed by atoms with Crippen molar-refractivity contribution in [2.24, 2.45) is 0 Å². The second kappa shape index (κ2) is 6.84. The van der Waals surface area contributed by atoms with Crippen LogP contribution in [-0.2, 0) is 6.54 Å². The Bertz CT molecular complexity index is 734. The first-order chi connectivity index (χ1) is 12.2. The largest absolute Gasteiger partial charge is 0.322 e. The van der Waals surface area contributed by atoms with Gasteiger partial charge in [0.25, 0.3) is 0 Å². The number of aromatic nitrogens is 1. The monoisotopic (exact) mass is 336 g/mol. The van der Waals surface area contributed by atoms with Crippen LogP contribution in [0.5, 0.6) is 0 Å². The molecule has 1 aromatic heterocycles. The first-order valence-corrected chi connectivity index (χ1v) is 8.97. The number of urea groups is 1. The normalized spacial score (nSPS) is 22.8. The highest BCUT2D eigenvalue weighted by Gasteiger charge is 2.42. The van der Waals surface area contributed by atoms with Crippen molar-refractivity contribution in [1.29, 1.82) is 0 Å². The lowest BCUT2D eigenvalue weighted by molar-refractivity contribution is 0.0901. The van der Waals surface area contributed by atoms with Crippen LogP contribution in [-0.4, -0.2) is 46.0 Å². The van der Waals surface area contributed by atoms with E-state index in [1.165, 1.54) is 5.56 Å². The second-order valence-corrected chi connectivity index (χ2v) is 7.09. The number of carbonyl (C=O) groups excluding carboxylic acids is 1. The maximum Gasteiger partial charge on any atom is 0.322 e. The fraction of sp³-hybridized carbons (Fsp3) is 0.400. The topological polar surface area (TPSA) is 48.5 Å². The maximum atomic E-state index is 12.8. The van der Waals surface area contributed by atoms with E-state index in [0.29, 0.717) is 12.1 Å². The van der Waals surface area contributed by atoms with E-state index < -0.39 is 0 Å². The molecule has 5 nitrogen and oxygen atoms in total. The summed E-state index contributed by atoms with van der Waals surface area (Å²) in [5, 5.41) is 3.10. The predicted molar refractivity (Wildman–Crippen MR) is 98.4 cm³/mol. The number of anilines is 1. The molecule has 130 valence electrons. The standard InChI is InChI=1S/C20H24N4O/c1-15-5-2-3-7-19(15)22-20(25)24-17-8-9-18(24)14-23(13-17)12-16-6-4-10-21-11-16/h2-7,10-11,17-18H,8-9,12-14H2,1H3,(H,22,25). The van der Waals surface area contributed by atoms with Crippen LogP contribution in [0.3, 0.4) is 0 Å². The highest BCUT2D eigenvalue weighted by atomic mass is 16.2. The Labute approximate surface area is 148 Å². The lowest BCUT2D eigenvalue weighted by atomic mass is 10.1. The van der Waals surface area contributed by atoms with Crippen LogP contribution >= 0.6 is 0 Å². The van der Waals surface area contributed by atoms with E-state index in [9.17, 15) is 4.79 Å². The third-order valence-corrected chi connectivity index (χ3v) is 5.31. The molecule has 2 fully saturated rings. The zero-order valence-corrected chi connectivity index (χ0v) is 14.6. The Morgan fingerprint density at radius 2 is 1.92 bits per heavy atom. The van der Waals surface area contributed by atoms with Gasteiger partial charge in [-0.1, -0.05) is 24.3 Å². The van der Waals surface area contributed by atoms with Crippen molar-refractivity contribution in [3.05, 3.63) is 59.9 Å². The van der Waals surface area contributed by atoms with Gasteiger partial charge in [0.2, 0.25) is 0 Å². The highest BCUT2D eigenvalue weighted by Crippen LogP contribution is 2.31. The molecule has 2 unspecified atom stereocenters. The van der Waals surface area contributed by atoms with Crippen LogP contribution in [0.4, 0.5) is 10.5 Å². The van der Waals surface area contributed by atoms with Gasteiger partial charge in [-0.05, 0) is 43.0 Å². The molecule has 4 rings (SSSR count). The van der Waals surface area contributed by atoms with Crippen molar-refractivity contribution in [3.63, 3.8) is 0 Å². The van der Waals surface area contributed by atoms with Crippen LogP contribution < -0.4 is 5.32 Å². The number of aryl methyl sites for hydroxylation is 1. The number of hydrogen-bond acceptors (Lipinski definition) is 3. The number of fused-ring (bicyclic) bond motifs is 2. The van der Waals surface area contributed by atoms with Crippen LogP contribution in [0.15, 0.2) is 48.8 Å². The SMILES string of the molecule is Cc1ccccc1NC(=O)N1C2CCC1CN(Cc1cccnc1)C2. The fourth-order valence-corrected chi connectivity index (χ4v) is 4.09. The third kappa shape index (κ3) is 3.37. The van der Waals surface area contributed by atoms with Crippen molar-refractivity contribution in [3.8, 4) is 0 Å². The maximum absolute atomic E-state index is 12.8. The zero-order chi connectivity index (χ0) is 17.2. The summed E-state index contributed by atoms with van der Waals surface area (Å²) in [6.07, 6.45) is 5.92. The highest BCUT2D eigenvalue weighted by molar-refractivity contribution is 5.90. The van der Waals surface area contributed by atoms with Crippen LogP contribution in [0.25, 0.3) is 0 Å². The molecule has 0 radical (unpaired) electrons. The molecule has 2 saturated heterocycles. The van der Waals surface area contributed by atoms with Gasteiger partial charge in [0.1, 0.15) is 0 Å². The smallest absolute Gasteiger partial charge is 0.316 e. The summed E-state index contributed by atoms with van der Waals surface area (Å²) in [7, 11) is 0. The first-order valence-electron chi connectivity index (χ1n) is 8.97. The molecule has 2 amide bonds. The van der Waals surface area contributed by atoms with E-state index >= 15 is 0 Å². The molecule has 3 heterocycles. The van der Waals surface area contributed by atoms with E-state index in [4.69, 9.17) is 0 Å². The predicted octanol–water partition coefficient (Wildman–Crippen LogP) is 3.27. The number of nitrogens with one attached hydrogen (secondary N) is 1. The summed E-state index contributed by atoms with van der Waals surface area (Å²) in [5.74, 6) is 0. The molecule has 25 heavy (non-hydrogen) atoms. The van der Waals surface area contributed by atoms with Gasteiger partial charge >= 0.3 is 6.03 Å². The molecular weight excluding hydrogens is 312 g/mol. The Balaban J connectivity index is 1.42. The van der Waals surface area contributed by atoms with E-state index in [1.807, 2.05) is 43.5 Å². The van der Waals surface area contributed by atoms with Gasteiger partial charge in [-0.2, -0.15) is 0 Å². The quantitative estimate of drug-likeness (QED) is 0.936. The molecule has 5 heteroatoms. The van der Waals surface area contributed by atoms with E-state index in [-0.39, 0.29) is 6.03 Å². The summed E-state index contributed by atoms with van der Waals surface area (Å²) in [6, 6.07) is 12.7. The number of likely N-dealkylation sites (tertiary alicyclic amines) is 1. The van der Waals surface area contributed by atoms with Gasteiger partial charge in [-0.3, -0.25) is 9.88 Å². The van der Waals surface area contributed by atoms with Gasteiger partial charge in [0.15, 0.2) is 0 Å². The van der Waals surface area contributed by atoms with Gasteiger partial charge < -0.3 is 10.2 Å². The first kappa shape index (κ1) is 16.1. The summed E-state index contributed by atoms with van der Waals surface area (Å²) in [6.45, 7) is 4.81. The van der Waals surface area contributed by atoms with Gasteiger partial charge in [0, 0.05) is 49.8 Å². The van der Waals surface area contributed by atoms with E-state index in [2.05, 4.69) is 26.2 Å². The molecule has 2 aliphatic heterocycles. The molecule has 2 aliphatic rings. The van der Waals surface area contributed by atoms with Crippen molar-refractivity contribution in [2.45, 2.75) is 38.4 Å². The molecule has 1 aromatic carbocycles. The molecular formula is C20H24N4O. The lowest BCUT2D eigenvalue weighted by Crippen LogP contribution is -2.56. The van der Waals surface area contributed by atoms with E-state index in [1.54, 1.807) is 6.20 Å². The lowest BCUT2D eigenvalue weighted by Gasteiger charge is -2.41. The second-order valence-electron chi connectivity index (χ2n) is 7.09. The third-order valence-electron chi connectivity index (χ3n) is 5.31. The number of benzene rings is 1. The average Bonchev–Trinajstić information content (AvgIpc) is 2.89. The molecule has 2 bridgehead atoms. The number of hydrogen-bond donors (Lipinski definition) is 1. The number of pyridine rings is 1. The van der Waals surface area contributed by atoms with Gasteiger partial charge in [0.05, 0.1) is 0 Å². The molecule has 0 spiro atoms. The van der Waals surface area contributed by atoms with Gasteiger partial charge in [-0.15, -0.1) is 0 Å². The number of rotatable bonds is 3. The molecule has 1 N–H and O–H groups in total. The van der Waals surface area contributed by atoms with Crippen molar-refractivity contribution < 1.29 is 4.79 Å². The van der Waals surface area contributed by atoms with Gasteiger partial charge in [-0.25, -0.2) is 4.79 Å². The van der Waals surface area contributed by atoms with E-state index in [0.717, 1.165) is 43.7 Å². The Hall–Kier alpha value is -2.40. The Morgan fingerprint density at radius 1 is 1.16 bits per heavy atom. The Morgan fingerprint density at radius 3 is 2.60 bits per heavy atom. The Kier molecular flexibility index (Phi) is 4.40. The summed E-state index contributed by atoms with van der Waals surface area (Å²) in [4.78, 5) is 21.6. The molecule has 2 atom stereocenters. The zero-order valence-electron chi connectivity index (χ0n) is 14.6. The molecule has 2 aromatic rings. The minimum absolute atomic E-state index is 0.0443. The summed E-state index contributed by atoms with van der Waals surface area (Å²) >= 11 is 0.